The molecule has 0 fully saturated rings. The highest BCUT2D eigenvalue weighted by Crippen LogP contribution is 2.24. The third kappa shape index (κ3) is 1.46. The molecule has 0 radical (unpaired) electrons. The van der Waals surface area contributed by atoms with Crippen LogP contribution in [-0.2, 0) is 0 Å². The van der Waals surface area contributed by atoms with Crippen LogP contribution in [0.1, 0.15) is 12.0 Å². The molecule has 74 valence electrons. The van der Waals surface area contributed by atoms with Gasteiger partial charge in [0, 0.05) is 5.92 Å². The maximum absolute atomic E-state index is 2.40. The molecule has 1 atom stereocenters. The molecule has 1 unspecified atom stereocenters. The van der Waals surface area contributed by atoms with Gasteiger partial charge in [0.25, 0.3) is 0 Å². The molecule has 0 heterocycles. The van der Waals surface area contributed by atoms with Crippen molar-refractivity contribution in [3.8, 4) is 0 Å². The van der Waals surface area contributed by atoms with Crippen LogP contribution in [0.2, 0.25) is 0 Å². The van der Waals surface area contributed by atoms with Crippen molar-refractivity contribution in [3.63, 3.8) is 0 Å². The maximum atomic E-state index is 2.40. The number of fused-ring (bicyclic) bond motifs is 2. The van der Waals surface area contributed by atoms with E-state index in [1.807, 2.05) is 0 Å². The van der Waals surface area contributed by atoms with Crippen molar-refractivity contribution in [2.24, 2.45) is 5.92 Å². The van der Waals surface area contributed by atoms with E-state index in [0.29, 0.717) is 5.92 Å². The Bertz CT molecular complexity index is 571. The Morgan fingerprint density at radius 1 is 1.20 bits per heavy atom. The summed E-state index contributed by atoms with van der Waals surface area (Å²) in [6, 6.07) is 6.68. The number of aryl methyl sites for hydroxylation is 1. The Balaban J connectivity index is 2.28. The van der Waals surface area contributed by atoms with Crippen molar-refractivity contribution in [1.82, 2.24) is 0 Å². The molecule has 0 bridgehead atoms. The average molecular weight is 194 g/mol. The van der Waals surface area contributed by atoms with Gasteiger partial charge in [0.2, 0.25) is 0 Å². The third-order valence-electron chi connectivity index (χ3n) is 3.19. The summed E-state index contributed by atoms with van der Waals surface area (Å²) in [5.74, 6) is 0.601. The minimum absolute atomic E-state index is 0.601. The highest BCUT2D eigenvalue weighted by Gasteiger charge is 2.13. The van der Waals surface area contributed by atoms with Gasteiger partial charge < -0.3 is 0 Å². The van der Waals surface area contributed by atoms with Gasteiger partial charge in [-0.25, -0.2) is 0 Å². The highest BCUT2D eigenvalue weighted by molar-refractivity contribution is 5.60. The molecule has 0 nitrogen and oxygen atoms in total. The molecule has 0 saturated carbocycles. The smallest absolute Gasteiger partial charge is 0.00620 e. The number of benzene rings is 1. The second kappa shape index (κ2) is 3.23. The van der Waals surface area contributed by atoms with Crippen molar-refractivity contribution in [2.45, 2.75) is 13.3 Å². The molecule has 0 N–H and O–H groups in total. The lowest BCUT2D eigenvalue weighted by molar-refractivity contribution is 0.829. The van der Waals surface area contributed by atoms with Crippen LogP contribution in [0, 0.1) is 12.8 Å². The molecule has 3 rings (SSSR count). The molecule has 2 aliphatic rings. The molecular formula is C15H14. The normalized spacial score (nSPS) is 21.9. The largest absolute Gasteiger partial charge is 0.0836 e. The van der Waals surface area contributed by atoms with E-state index in [1.165, 1.54) is 21.6 Å². The van der Waals surface area contributed by atoms with E-state index in [-0.39, 0.29) is 0 Å². The molecule has 0 heteroatoms. The average Bonchev–Trinajstić information content (AvgIpc) is 2.26. The number of allylic oxidation sites excluding steroid dienone is 4. The van der Waals surface area contributed by atoms with Crippen LogP contribution >= 0.6 is 0 Å². The van der Waals surface area contributed by atoms with Crippen LogP contribution in [0.15, 0.2) is 42.0 Å². The predicted molar refractivity (Wildman–Crippen MR) is 64.7 cm³/mol. The lowest BCUT2D eigenvalue weighted by atomic mass is 9.86. The standard InChI is InChI=1S/C15H14/c1-11-6-7-14-9-12-4-2-3-5-13(12)10-15(14)8-11/h2-4,6-10,13H,5H2,1H3. The summed E-state index contributed by atoms with van der Waals surface area (Å²) in [5, 5.41) is 2.76. The van der Waals surface area contributed by atoms with Crippen LogP contribution in [-0.4, -0.2) is 0 Å². The van der Waals surface area contributed by atoms with Crippen LogP contribution in [0.5, 0.6) is 0 Å². The van der Waals surface area contributed by atoms with Gasteiger partial charge in [0.15, 0.2) is 0 Å². The fourth-order valence-electron chi connectivity index (χ4n) is 2.35. The van der Waals surface area contributed by atoms with Crippen LogP contribution in [0.3, 0.4) is 0 Å². The molecule has 1 aromatic rings. The molecule has 1 aromatic carbocycles. The Morgan fingerprint density at radius 2 is 2.13 bits per heavy atom. The van der Waals surface area contributed by atoms with E-state index in [4.69, 9.17) is 0 Å². The second-order valence-corrected chi connectivity index (χ2v) is 4.38. The Morgan fingerprint density at radius 3 is 3.07 bits per heavy atom. The van der Waals surface area contributed by atoms with E-state index in [2.05, 4.69) is 55.5 Å². The summed E-state index contributed by atoms with van der Waals surface area (Å²) in [7, 11) is 0. The van der Waals surface area contributed by atoms with Crippen LogP contribution in [0.4, 0.5) is 0 Å². The fourth-order valence-corrected chi connectivity index (χ4v) is 2.35. The first-order valence-corrected chi connectivity index (χ1v) is 5.50. The van der Waals surface area contributed by atoms with E-state index >= 15 is 0 Å². The topological polar surface area (TPSA) is 0 Å². The van der Waals surface area contributed by atoms with Crippen molar-refractivity contribution >= 4 is 12.2 Å². The second-order valence-electron chi connectivity index (χ2n) is 4.38. The maximum Gasteiger partial charge on any atom is 0.00620 e. The molecule has 15 heavy (non-hydrogen) atoms. The third-order valence-corrected chi connectivity index (χ3v) is 3.19. The SMILES string of the molecule is Cc1ccc2c(c1)=CC1CC=CC=C1C=2. The quantitative estimate of drug-likeness (QED) is 0.593. The van der Waals surface area contributed by atoms with Gasteiger partial charge in [-0.3, -0.25) is 0 Å². The molecule has 0 aromatic heterocycles. The summed E-state index contributed by atoms with van der Waals surface area (Å²) in [4.78, 5) is 0. The van der Waals surface area contributed by atoms with Gasteiger partial charge >= 0.3 is 0 Å². The molecule has 0 spiro atoms. The highest BCUT2D eigenvalue weighted by atomic mass is 14.2. The van der Waals surface area contributed by atoms with Gasteiger partial charge in [-0.05, 0) is 29.4 Å². The Hall–Kier alpha value is -1.56. The van der Waals surface area contributed by atoms with Crippen molar-refractivity contribution in [2.75, 3.05) is 0 Å². The zero-order valence-electron chi connectivity index (χ0n) is 8.90. The van der Waals surface area contributed by atoms with Crippen molar-refractivity contribution in [3.05, 3.63) is 58.0 Å². The van der Waals surface area contributed by atoms with Crippen LogP contribution in [0.25, 0.3) is 12.2 Å². The molecule has 0 saturated heterocycles. The number of hydrogen-bond acceptors (Lipinski definition) is 0. The zero-order valence-corrected chi connectivity index (χ0v) is 8.90. The summed E-state index contributed by atoms with van der Waals surface area (Å²) in [6.07, 6.45) is 12.5. The van der Waals surface area contributed by atoms with E-state index in [9.17, 15) is 0 Å². The minimum Gasteiger partial charge on any atom is -0.0836 e. The van der Waals surface area contributed by atoms with Gasteiger partial charge in [0.1, 0.15) is 0 Å². The fraction of sp³-hybridized carbons (Fsp3) is 0.200. The predicted octanol–water partition coefficient (Wildman–Crippen LogP) is 2.07. The lowest BCUT2D eigenvalue weighted by Gasteiger charge is -2.18. The summed E-state index contributed by atoms with van der Waals surface area (Å²) in [5.41, 5.74) is 2.80. The first-order chi connectivity index (χ1) is 7.33. The van der Waals surface area contributed by atoms with Crippen molar-refractivity contribution in [1.29, 1.82) is 0 Å². The Kier molecular flexibility index (Phi) is 1.88. The van der Waals surface area contributed by atoms with Gasteiger partial charge in [0.05, 0.1) is 0 Å². The van der Waals surface area contributed by atoms with E-state index in [1.54, 1.807) is 0 Å². The molecule has 0 amide bonds. The monoisotopic (exact) mass is 194 g/mol. The van der Waals surface area contributed by atoms with E-state index in [0.717, 1.165) is 6.42 Å². The first-order valence-electron chi connectivity index (χ1n) is 5.50. The van der Waals surface area contributed by atoms with Gasteiger partial charge in [-0.1, -0.05) is 54.1 Å². The summed E-state index contributed by atoms with van der Waals surface area (Å²) < 4.78 is 0. The van der Waals surface area contributed by atoms with E-state index < -0.39 is 0 Å². The minimum atomic E-state index is 0.601. The Labute approximate surface area is 89.9 Å². The first kappa shape index (κ1) is 8.72. The molecular weight excluding hydrogens is 180 g/mol. The van der Waals surface area contributed by atoms with Crippen molar-refractivity contribution < 1.29 is 0 Å². The van der Waals surface area contributed by atoms with Gasteiger partial charge in [-0.2, -0.15) is 0 Å². The van der Waals surface area contributed by atoms with Gasteiger partial charge in [-0.15, -0.1) is 0 Å². The zero-order chi connectivity index (χ0) is 10.3. The van der Waals surface area contributed by atoms with Crippen LogP contribution < -0.4 is 10.4 Å². The number of rotatable bonds is 0. The number of hydrogen-bond donors (Lipinski definition) is 0. The lowest BCUT2D eigenvalue weighted by Crippen LogP contribution is -2.30. The summed E-state index contributed by atoms with van der Waals surface area (Å²) in [6.45, 7) is 2.15. The summed E-state index contributed by atoms with van der Waals surface area (Å²) >= 11 is 0. The molecule has 0 aliphatic heterocycles. The molecule has 2 aliphatic carbocycles.